The number of rotatable bonds is 3. The highest BCUT2D eigenvalue weighted by Gasteiger charge is 2.55. The molecule has 6 nitrogen and oxygen atoms in total. The maximum Gasteiger partial charge on any atom is 0.311 e. The van der Waals surface area contributed by atoms with Crippen LogP contribution in [-0.2, 0) is 4.79 Å². The monoisotopic (exact) mass is 290 g/mol. The number of nitrogens with zero attached hydrogens (tertiary/aromatic N) is 2. The summed E-state index contributed by atoms with van der Waals surface area (Å²) in [5.74, 6) is -0.640. The number of carbonyl (C=O) groups is 2. The summed E-state index contributed by atoms with van der Waals surface area (Å²) < 4.78 is 5.12. The fourth-order valence-corrected chi connectivity index (χ4v) is 3.68. The fourth-order valence-electron chi connectivity index (χ4n) is 3.68. The minimum atomic E-state index is -0.779. The number of methoxy groups -OCH3 is 1. The molecule has 1 aromatic heterocycles. The zero-order valence-electron chi connectivity index (χ0n) is 11.9. The van der Waals surface area contributed by atoms with E-state index in [4.69, 9.17) is 4.74 Å². The average Bonchev–Trinajstić information content (AvgIpc) is 3.04. The van der Waals surface area contributed by atoms with E-state index in [1.54, 1.807) is 23.2 Å². The zero-order chi connectivity index (χ0) is 15.0. The maximum absolute atomic E-state index is 12.6. The van der Waals surface area contributed by atoms with Crippen LogP contribution in [0, 0.1) is 11.3 Å². The van der Waals surface area contributed by atoms with Gasteiger partial charge in [0.1, 0.15) is 5.56 Å². The van der Waals surface area contributed by atoms with E-state index < -0.39 is 11.4 Å². The highest BCUT2D eigenvalue weighted by Crippen LogP contribution is 2.49. The molecule has 1 aliphatic carbocycles. The van der Waals surface area contributed by atoms with Gasteiger partial charge < -0.3 is 14.7 Å². The number of amides is 1. The van der Waals surface area contributed by atoms with Crippen molar-refractivity contribution in [1.29, 1.82) is 0 Å². The molecule has 3 rings (SSSR count). The standard InChI is InChI=1S/C15H18N2O4/c1-21-12-11(5-3-7-16-12)13(18)17-8-10-4-2-6-15(10,9-17)14(19)20/h3,5,7,10H,2,4,6,8-9H2,1H3,(H,19,20)/t10-,15+/m0/s1. The van der Waals surface area contributed by atoms with Gasteiger partial charge >= 0.3 is 5.97 Å². The van der Waals surface area contributed by atoms with Crippen LogP contribution in [0.15, 0.2) is 18.3 Å². The molecule has 1 saturated carbocycles. The molecule has 1 aromatic rings. The number of aliphatic carboxylic acids is 1. The van der Waals surface area contributed by atoms with E-state index in [1.165, 1.54) is 7.11 Å². The first-order chi connectivity index (χ1) is 10.1. The minimum Gasteiger partial charge on any atom is -0.481 e. The number of hydrogen-bond acceptors (Lipinski definition) is 4. The fraction of sp³-hybridized carbons (Fsp3) is 0.533. The van der Waals surface area contributed by atoms with Crippen molar-refractivity contribution < 1.29 is 19.4 Å². The lowest BCUT2D eigenvalue weighted by molar-refractivity contribution is -0.149. The highest BCUT2D eigenvalue weighted by molar-refractivity contribution is 5.97. The first-order valence-corrected chi connectivity index (χ1v) is 7.10. The molecule has 6 heteroatoms. The summed E-state index contributed by atoms with van der Waals surface area (Å²) >= 11 is 0. The second-order valence-corrected chi connectivity index (χ2v) is 5.80. The largest absolute Gasteiger partial charge is 0.481 e. The van der Waals surface area contributed by atoms with Crippen LogP contribution >= 0.6 is 0 Å². The van der Waals surface area contributed by atoms with Crippen molar-refractivity contribution >= 4 is 11.9 Å². The lowest BCUT2D eigenvalue weighted by Gasteiger charge is -2.23. The molecule has 2 fully saturated rings. The van der Waals surface area contributed by atoms with Gasteiger partial charge in [-0.25, -0.2) is 4.98 Å². The Balaban J connectivity index is 1.86. The Kier molecular flexibility index (Phi) is 3.31. The third-order valence-corrected chi connectivity index (χ3v) is 4.78. The molecule has 1 amide bonds. The Morgan fingerprint density at radius 2 is 2.33 bits per heavy atom. The van der Waals surface area contributed by atoms with Crippen molar-refractivity contribution in [3.05, 3.63) is 23.9 Å². The number of hydrogen-bond donors (Lipinski definition) is 1. The van der Waals surface area contributed by atoms with Crippen LogP contribution < -0.4 is 4.74 Å². The Morgan fingerprint density at radius 3 is 3.00 bits per heavy atom. The van der Waals surface area contributed by atoms with Gasteiger partial charge in [-0.3, -0.25) is 9.59 Å². The zero-order valence-corrected chi connectivity index (χ0v) is 11.9. The Hall–Kier alpha value is -2.11. The topological polar surface area (TPSA) is 79.7 Å². The van der Waals surface area contributed by atoms with Crippen molar-refractivity contribution in [2.75, 3.05) is 20.2 Å². The molecule has 0 aromatic carbocycles. The summed E-state index contributed by atoms with van der Waals surface area (Å²) in [4.78, 5) is 30.0. The highest BCUT2D eigenvalue weighted by atomic mass is 16.5. The lowest BCUT2D eigenvalue weighted by atomic mass is 9.81. The van der Waals surface area contributed by atoms with Crippen LogP contribution in [0.5, 0.6) is 5.88 Å². The Labute approximate surface area is 122 Å². The first-order valence-electron chi connectivity index (χ1n) is 7.10. The van der Waals surface area contributed by atoms with Gasteiger partial charge in [0.05, 0.1) is 12.5 Å². The number of carbonyl (C=O) groups excluding carboxylic acids is 1. The number of likely N-dealkylation sites (tertiary alicyclic amines) is 1. The lowest BCUT2D eigenvalue weighted by Crippen LogP contribution is -2.37. The number of carboxylic acids is 1. The molecule has 0 bridgehead atoms. The smallest absolute Gasteiger partial charge is 0.311 e. The van der Waals surface area contributed by atoms with Crippen molar-refractivity contribution in [2.24, 2.45) is 11.3 Å². The summed E-state index contributed by atoms with van der Waals surface area (Å²) in [6.07, 6.45) is 4.02. The van der Waals surface area contributed by atoms with Crippen LogP contribution in [0.3, 0.4) is 0 Å². The van der Waals surface area contributed by atoms with Gasteiger partial charge in [-0.15, -0.1) is 0 Å². The summed E-state index contributed by atoms with van der Waals surface area (Å²) in [5, 5.41) is 9.57. The van der Waals surface area contributed by atoms with Crippen LogP contribution in [0.2, 0.25) is 0 Å². The van der Waals surface area contributed by atoms with Gasteiger partial charge in [-0.2, -0.15) is 0 Å². The molecule has 21 heavy (non-hydrogen) atoms. The van der Waals surface area contributed by atoms with Crippen molar-refractivity contribution in [2.45, 2.75) is 19.3 Å². The number of ether oxygens (including phenoxy) is 1. The summed E-state index contributed by atoms with van der Waals surface area (Å²) in [7, 11) is 1.47. The van der Waals surface area contributed by atoms with Crippen LogP contribution in [0.1, 0.15) is 29.6 Å². The maximum atomic E-state index is 12.6. The third-order valence-electron chi connectivity index (χ3n) is 4.78. The molecule has 2 heterocycles. The first kappa shape index (κ1) is 13.9. The van der Waals surface area contributed by atoms with Crippen molar-refractivity contribution in [1.82, 2.24) is 9.88 Å². The van der Waals surface area contributed by atoms with E-state index in [1.807, 2.05) is 0 Å². The second-order valence-electron chi connectivity index (χ2n) is 5.80. The molecule has 1 saturated heterocycles. The van der Waals surface area contributed by atoms with Gasteiger partial charge in [0.15, 0.2) is 0 Å². The molecule has 0 spiro atoms. The molecule has 1 aliphatic heterocycles. The number of carboxylic acid groups (broad SMARTS) is 1. The van der Waals surface area contributed by atoms with Gasteiger partial charge in [0.2, 0.25) is 5.88 Å². The molecular weight excluding hydrogens is 272 g/mol. The van der Waals surface area contributed by atoms with E-state index in [0.717, 1.165) is 12.8 Å². The molecular formula is C15H18N2O4. The molecule has 1 N–H and O–H groups in total. The minimum absolute atomic E-state index is 0.0571. The van der Waals surface area contributed by atoms with Gasteiger partial charge in [0, 0.05) is 19.3 Å². The summed E-state index contributed by atoms with van der Waals surface area (Å²) in [6.45, 7) is 0.785. The van der Waals surface area contributed by atoms with E-state index in [-0.39, 0.29) is 24.2 Å². The summed E-state index contributed by atoms with van der Waals surface area (Å²) in [5.41, 5.74) is -0.369. The van der Waals surface area contributed by atoms with Crippen LogP contribution in [0.25, 0.3) is 0 Å². The van der Waals surface area contributed by atoms with E-state index >= 15 is 0 Å². The Morgan fingerprint density at radius 1 is 1.52 bits per heavy atom. The molecule has 2 aliphatic rings. The van der Waals surface area contributed by atoms with Crippen molar-refractivity contribution in [3.63, 3.8) is 0 Å². The van der Waals surface area contributed by atoms with Crippen molar-refractivity contribution in [3.8, 4) is 5.88 Å². The predicted molar refractivity (Wildman–Crippen MR) is 74.1 cm³/mol. The van der Waals surface area contributed by atoms with Crippen LogP contribution in [0.4, 0.5) is 0 Å². The third kappa shape index (κ3) is 2.05. The molecule has 0 radical (unpaired) electrons. The van der Waals surface area contributed by atoms with Gasteiger partial charge in [0.25, 0.3) is 5.91 Å². The molecule has 112 valence electrons. The van der Waals surface area contributed by atoms with E-state index in [9.17, 15) is 14.7 Å². The number of pyridine rings is 1. The van der Waals surface area contributed by atoms with Gasteiger partial charge in [-0.05, 0) is 30.9 Å². The summed E-state index contributed by atoms with van der Waals surface area (Å²) in [6, 6.07) is 3.34. The van der Waals surface area contributed by atoms with Crippen LogP contribution in [-0.4, -0.2) is 47.1 Å². The normalized spacial score (nSPS) is 27.5. The molecule has 2 atom stereocenters. The average molecular weight is 290 g/mol. The number of fused-ring (bicyclic) bond motifs is 1. The molecule has 0 unspecified atom stereocenters. The predicted octanol–water partition coefficient (Wildman–Crippen LogP) is 1.42. The SMILES string of the molecule is COc1ncccc1C(=O)N1C[C@@H]2CCC[C@@]2(C(=O)O)C1. The van der Waals surface area contributed by atoms with E-state index in [0.29, 0.717) is 18.5 Å². The van der Waals surface area contributed by atoms with E-state index in [2.05, 4.69) is 4.98 Å². The number of aromatic nitrogens is 1. The second kappa shape index (κ2) is 5.02. The Bertz CT molecular complexity index is 589. The quantitative estimate of drug-likeness (QED) is 0.910. The van der Waals surface area contributed by atoms with Gasteiger partial charge in [-0.1, -0.05) is 6.42 Å².